The van der Waals surface area contributed by atoms with Gasteiger partial charge in [-0.25, -0.2) is 9.59 Å². The van der Waals surface area contributed by atoms with Crippen LogP contribution >= 0.6 is 11.3 Å². The second kappa shape index (κ2) is 10.1. The zero-order valence-electron chi connectivity index (χ0n) is 18.0. The number of esters is 2. The molecule has 1 aromatic carbocycles. The summed E-state index contributed by atoms with van der Waals surface area (Å²) < 4.78 is 20.8. The molecule has 0 aliphatic carbocycles. The first kappa shape index (κ1) is 23.0. The van der Waals surface area contributed by atoms with E-state index in [0.29, 0.717) is 22.6 Å². The van der Waals surface area contributed by atoms with Gasteiger partial charge in [0.1, 0.15) is 15.6 Å². The summed E-state index contributed by atoms with van der Waals surface area (Å²) >= 11 is 0.935. The van der Waals surface area contributed by atoms with Crippen molar-refractivity contribution in [2.75, 3.05) is 25.6 Å². The van der Waals surface area contributed by atoms with Gasteiger partial charge in [0, 0.05) is 6.07 Å². The van der Waals surface area contributed by atoms with Crippen LogP contribution in [0.2, 0.25) is 0 Å². The number of amides is 1. The van der Waals surface area contributed by atoms with E-state index in [1.165, 1.54) is 13.2 Å². The van der Waals surface area contributed by atoms with Crippen LogP contribution in [0.25, 0.3) is 11.3 Å². The zero-order valence-corrected chi connectivity index (χ0v) is 18.8. The van der Waals surface area contributed by atoms with Crippen LogP contribution in [-0.2, 0) is 9.47 Å². The molecule has 1 amide bonds. The van der Waals surface area contributed by atoms with E-state index in [9.17, 15) is 14.4 Å². The molecule has 2 heterocycles. The molecule has 0 fully saturated rings. The number of benzene rings is 1. The Bertz CT molecular complexity index is 1150. The lowest BCUT2D eigenvalue weighted by atomic mass is 10.1. The first-order chi connectivity index (χ1) is 15.4. The fourth-order valence-corrected chi connectivity index (χ4v) is 4.05. The molecule has 0 bridgehead atoms. The second-order valence-corrected chi connectivity index (χ2v) is 7.45. The monoisotopic (exact) mass is 458 g/mol. The summed E-state index contributed by atoms with van der Waals surface area (Å²) in [6, 6.07) is 8.60. The van der Waals surface area contributed by atoms with Crippen LogP contribution in [-0.4, -0.2) is 43.3 Å². The fourth-order valence-electron chi connectivity index (χ4n) is 2.97. The van der Waals surface area contributed by atoms with E-state index in [4.69, 9.17) is 18.7 Å². The highest BCUT2D eigenvalue weighted by atomic mass is 32.1. The first-order valence-corrected chi connectivity index (χ1v) is 10.6. The Kier molecular flexibility index (Phi) is 7.26. The Hall–Kier alpha value is -3.66. The number of aromatic nitrogens is 1. The molecule has 32 heavy (non-hydrogen) atoms. The molecular formula is C22H22N2O7S. The SMILES string of the molecule is CCOC(=O)c1sc(NC(=O)c2cc(-c3ccccc3OC)on2)c(C(=O)OCC)c1C. The number of carbonyl (C=O) groups is 3. The normalized spacial score (nSPS) is 10.5. The average Bonchev–Trinajstić information content (AvgIpc) is 3.39. The topological polar surface area (TPSA) is 117 Å². The number of methoxy groups -OCH3 is 1. The number of anilines is 1. The number of nitrogens with zero attached hydrogens (tertiary/aromatic N) is 1. The lowest BCUT2D eigenvalue weighted by molar-refractivity contribution is 0.0527. The second-order valence-electron chi connectivity index (χ2n) is 6.43. The van der Waals surface area contributed by atoms with E-state index in [0.717, 1.165) is 11.3 Å². The third-order valence-electron chi connectivity index (χ3n) is 4.43. The smallest absolute Gasteiger partial charge is 0.348 e. The molecule has 9 nitrogen and oxygen atoms in total. The third kappa shape index (κ3) is 4.65. The van der Waals surface area contributed by atoms with Gasteiger partial charge in [-0.2, -0.15) is 0 Å². The lowest BCUT2D eigenvalue weighted by Crippen LogP contribution is -2.15. The highest BCUT2D eigenvalue weighted by Crippen LogP contribution is 2.35. The van der Waals surface area contributed by atoms with E-state index in [2.05, 4.69) is 10.5 Å². The molecule has 168 valence electrons. The van der Waals surface area contributed by atoms with E-state index >= 15 is 0 Å². The maximum atomic E-state index is 12.8. The molecule has 1 N–H and O–H groups in total. The van der Waals surface area contributed by atoms with Crippen molar-refractivity contribution < 1.29 is 33.1 Å². The summed E-state index contributed by atoms with van der Waals surface area (Å²) in [5.74, 6) is -0.944. The predicted octanol–water partition coefficient (Wildman–Crippen LogP) is 4.33. The molecule has 0 radical (unpaired) electrons. The lowest BCUT2D eigenvalue weighted by Gasteiger charge is -2.06. The van der Waals surface area contributed by atoms with Crippen molar-refractivity contribution in [2.24, 2.45) is 0 Å². The maximum Gasteiger partial charge on any atom is 0.348 e. The molecule has 0 unspecified atom stereocenters. The van der Waals surface area contributed by atoms with Crippen molar-refractivity contribution in [3.05, 3.63) is 52.0 Å². The van der Waals surface area contributed by atoms with Crippen molar-refractivity contribution in [1.82, 2.24) is 5.16 Å². The molecule has 3 aromatic rings. The molecule has 0 spiro atoms. The van der Waals surface area contributed by atoms with Gasteiger partial charge >= 0.3 is 11.9 Å². The van der Waals surface area contributed by atoms with Crippen LogP contribution in [0.4, 0.5) is 5.00 Å². The Morgan fingerprint density at radius 1 is 1.09 bits per heavy atom. The minimum absolute atomic E-state index is 0.00977. The minimum atomic E-state index is -0.651. The van der Waals surface area contributed by atoms with Gasteiger partial charge < -0.3 is 24.1 Å². The fraction of sp³-hybridized carbons (Fsp3) is 0.273. The standard InChI is InChI=1S/C22H22N2O7S/c1-5-29-21(26)17-12(3)18(22(27)30-6-2)32-20(17)23-19(25)14-11-16(31-24-14)13-9-7-8-10-15(13)28-4/h7-11H,5-6H2,1-4H3,(H,23,25). The van der Waals surface area contributed by atoms with E-state index in [1.54, 1.807) is 39.0 Å². The van der Waals surface area contributed by atoms with Gasteiger partial charge in [-0.15, -0.1) is 11.3 Å². The van der Waals surface area contributed by atoms with Crippen LogP contribution < -0.4 is 10.1 Å². The highest BCUT2D eigenvalue weighted by molar-refractivity contribution is 7.18. The third-order valence-corrected chi connectivity index (χ3v) is 5.62. The predicted molar refractivity (Wildman–Crippen MR) is 117 cm³/mol. The van der Waals surface area contributed by atoms with Gasteiger partial charge in [0.15, 0.2) is 11.5 Å². The molecule has 0 saturated heterocycles. The van der Waals surface area contributed by atoms with Gasteiger partial charge in [0.2, 0.25) is 0 Å². The molecule has 0 aliphatic heterocycles. The summed E-state index contributed by atoms with van der Waals surface area (Å²) in [7, 11) is 1.53. The minimum Gasteiger partial charge on any atom is -0.496 e. The number of carbonyl (C=O) groups excluding carboxylic acids is 3. The maximum absolute atomic E-state index is 12.8. The highest BCUT2D eigenvalue weighted by Gasteiger charge is 2.28. The summed E-state index contributed by atoms with van der Waals surface area (Å²) in [4.78, 5) is 37.8. The van der Waals surface area contributed by atoms with Crippen LogP contribution in [0.5, 0.6) is 5.75 Å². The van der Waals surface area contributed by atoms with Gasteiger partial charge in [-0.3, -0.25) is 4.79 Å². The van der Waals surface area contributed by atoms with Crippen molar-refractivity contribution in [3.63, 3.8) is 0 Å². The van der Waals surface area contributed by atoms with Gasteiger partial charge in [-0.1, -0.05) is 17.3 Å². The number of ether oxygens (including phenoxy) is 3. The van der Waals surface area contributed by atoms with Crippen molar-refractivity contribution in [1.29, 1.82) is 0 Å². The van der Waals surface area contributed by atoms with E-state index in [1.807, 2.05) is 6.07 Å². The summed E-state index contributed by atoms with van der Waals surface area (Å²) in [5.41, 5.74) is 1.09. The molecule has 2 aromatic heterocycles. The van der Waals surface area contributed by atoms with Crippen LogP contribution in [0.3, 0.4) is 0 Å². The van der Waals surface area contributed by atoms with Crippen molar-refractivity contribution in [3.8, 4) is 17.1 Å². The summed E-state index contributed by atoms with van der Waals surface area (Å²) in [6.45, 7) is 5.26. The molecule has 0 atom stereocenters. The Morgan fingerprint density at radius 3 is 2.47 bits per heavy atom. The van der Waals surface area contributed by atoms with Crippen LogP contribution in [0.15, 0.2) is 34.9 Å². The average molecular weight is 458 g/mol. The number of hydrogen-bond donors (Lipinski definition) is 1. The molecular weight excluding hydrogens is 436 g/mol. The van der Waals surface area contributed by atoms with E-state index < -0.39 is 17.8 Å². The van der Waals surface area contributed by atoms with E-state index in [-0.39, 0.29) is 34.3 Å². The largest absolute Gasteiger partial charge is 0.496 e. The summed E-state index contributed by atoms with van der Waals surface area (Å²) in [5, 5.41) is 6.62. The van der Waals surface area contributed by atoms with Gasteiger partial charge in [-0.05, 0) is 38.5 Å². The number of nitrogens with one attached hydrogen (secondary N) is 1. The van der Waals surface area contributed by atoms with Crippen LogP contribution in [0.1, 0.15) is 49.9 Å². The zero-order chi connectivity index (χ0) is 23.3. The molecule has 3 rings (SSSR count). The molecule has 0 aliphatic rings. The molecule has 0 saturated carbocycles. The number of hydrogen-bond acceptors (Lipinski definition) is 9. The van der Waals surface area contributed by atoms with Crippen molar-refractivity contribution >= 4 is 34.2 Å². The quantitative estimate of drug-likeness (QED) is 0.496. The number of rotatable bonds is 8. The van der Waals surface area contributed by atoms with Gasteiger partial charge in [0.05, 0.1) is 31.5 Å². The number of thiophene rings is 1. The Balaban J connectivity index is 1.92. The Labute approximate surface area is 188 Å². The Morgan fingerprint density at radius 2 is 1.78 bits per heavy atom. The van der Waals surface area contributed by atoms with Crippen molar-refractivity contribution in [2.45, 2.75) is 20.8 Å². The van der Waals surface area contributed by atoms with Gasteiger partial charge in [0.25, 0.3) is 5.91 Å². The molecule has 10 heteroatoms. The van der Waals surface area contributed by atoms with Crippen LogP contribution in [0, 0.1) is 6.92 Å². The first-order valence-electron chi connectivity index (χ1n) is 9.80. The summed E-state index contributed by atoms with van der Waals surface area (Å²) in [6.07, 6.45) is 0. The number of para-hydroxylation sites is 1.